The number of tetrazole rings is 1. The molecule has 2 rings (SSSR count). The first-order valence-corrected chi connectivity index (χ1v) is 7.59. The number of thioether (sulfide) groups is 1. The zero-order chi connectivity index (χ0) is 13.8. The zero-order valence-corrected chi connectivity index (χ0v) is 12.7. The monoisotopic (exact) mass is 276 g/mol. The Morgan fingerprint density at radius 2 is 2.11 bits per heavy atom. The minimum absolute atomic E-state index is 0.675. The Morgan fingerprint density at radius 1 is 1.32 bits per heavy atom. The van der Waals surface area contributed by atoms with Crippen molar-refractivity contribution >= 4 is 11.8 Å². The van der Waals surface area contributed by atoms with E-state index in [4.69, 9.17) is 0 Å². The fourth-order valence-electron chi connectivity index (χ4n) is 1.80. The fraction of sp³-hybridized carbons (Fsp3) is 0.500. The molecular formula is C14H20N4S. The molecule has 1 unspecified atom stereocenters. The molecule has 1 atom stereocenters. The van der Waals surface area contributed by atoms with E-state index in [-0.39, 0.29) is 0 Å². The van der Waals surface area contributed by atoms with Gasteiger partial charge in [-0.1, -0.05) is 49.7 Å². The molecule has 102 valence electrons. The predicted molar refractivity (Wildman–Crippen MR) is 78.8 cm³/mol. The highest BCUT2D eigenvalue weighted by Crippen LogP contribution is 2.23. The normalized spacial score (nSPS) is 12.6. The summed E-state index contributed by atoms with van der Waals surface area (Å²) in [6, 6.07) is 6.32. The van der Waals surface area contributed by atoms with Crippen LogP contribution in [0.4, 0.5) is 0 Å². The molecule has 0 aliphatic carbocycles. The van der Waals surface area contributed by atoms with Gasteiger partial charge >= 0.3 is 0 Å². The minimum Gasteiger partial charge on any atom is -0.187 e. The maximum absolute atomic E-state index is 4.13. The second kappa shape index (κ2) is 6.19. The minimum atomic E-state index is 0.675. The Bertz CT molecular complexity index is 550. The molecule has 0 saturated heterocycles. The topological polar surface area (TPSA) is 43.6 Å². The van der Waals surface area contributed by atoms with Crippen LogP contribution in [0.3, 0.4) is 0 Å². The summed E-state index contributed by atoms with van der Waals surface area (Å²) in [5.41, 5.74) is 3.50. The fourth-order valence-corrected chi connectivity index (χ4v) is 2.82. The molecule has 0 radical (unpaired) electrons. The molecule has 0 bridgehead atoms. The van der Waals surface area contributed by atoms with Gasteiger partial charge in [-0.25, -0.2) is 0 Å². The molecule has 2 aromatic rings. The van der Waals surface area contributed by atoms with Gasteiger partial charge in [-0.2, -0.15) is 4.68 Å². The van der Waals surface area contributed by atoms with E-state index in [1.165, 1.54) is 17.5 Å². The number of aromatic nitrogens is 4. The lowest BCUT2D eigenvalue weighted by Gasteiger charge is -2.10. The average Bonchev–Trinajstić information content (AvgIpc) is 2.84. The molecule has 0 saturated carbocycles. The van der Waals surface area contributed by atoms with E-state index in [1.54, 1.807) is 11.8 Å². The maximum atomic E-state index is 4.13. The van der Waals surface area contributed by atoms with Crippen LogP contribution in [0.1, 0.15) is 31.4 Å². The molecule has 0 aliphatic heterocycles. The van der Waals surface area contributed by atoms with Crippen molar-refractivity contribution < 1.29 is 0 Å². The molecular weight excluding hydrogens is 256 g/mol. The van der Waals surface area contributed by atoms with Crippen LogP contribution in [0.5, 0.6) is 0 Å². The first kappa shape index (κ1) is 14.1. The van der Waals surface area contributed by atoms with Crippen molar-refractivity contribution in [3.05, 3.63) is 29.3 Å². The van der Waals surface area contributed by atoms with Gasteiger partial charge in [-0.15, -0.1) is 5.10 Å². The van der Waals surface area contributed by atoms with Crippen molar-refractivity contribution in [1.29, 1.82) is 0 Å². The summed E-state index contributed by atoms with van der Waals surface area (Å²) in [5, 5.41) is 12.9. The number of benzene rings is 1. The van der Waals surface area contributed by atoms with E-state index in [9.17, 15) is 0 Å². The van der Waals surface area contributed by atoms with Crippen LogP contribution >= 0.6 is 11.8 Å². The predicted octanol–water partition coefficient (Wildman–Crippen LogP) is 3.42. The molecule has 0 spiro atoms. The lowest BCUT2D eigenvalue weighted by atomic mass is 10.1. The Balaban J connectivity index is 2.23. The summed E-state index contributed by atoms with van der Waals surface area (Å²) in [5.74, 6) is 1.72. The Morgan fingerprint density at radius 3 is 2.79 bits per heavy atom. The summed E-state index contributed by atoms with van der Waals surface area (Å²) in [6.45, 7) is 8.64. The molecule has 1 heterocycles. The van der Waals surface area contributed by atoms with Crippen molar-refractivity contribution in [3.63, 3.8) is 0 Å². The quantitative estimate of drug-likeness (QED) is 0.785. The summed E-state index contributed by atoms with van der Waals surface area (Å²) >= 11 is 1.72. The first-order chi connectivity index (χ1) is 9.11. The van der Waals surface area contributed by atoms with Crippen molar-refractivity contribution in [2.75, 3.05) is 5.75 Å². The Labute approximate surface area is 118 Å². The van der Waals surface area contributed by atoms with E-state index in [0.717, 1.165) is 16.6 Å². The van der Waals surface area contributed by atoms with Gasteiger partial charge in [0.05, 0.1) is 5.69 Å². The van der Waals surface area contributed by atoms with E-state index < -0.39 is 0 Å². The van der Waals surface area contributed by atoms with Gasteiger partial charge in [0.15, 0.2) is 0 Å². The van der Waals surface area contributed by atoms with Gasteiger partial charge in [0, 0.05) is 5.75 Å². The standard InChI is InChI=1S/C14H20N4S/c1-5-10(2)9-19-14-15-16-17-18(14)13-7-6-11(3)8-12(13)4/h6-8,10H,5,9H2,1-4H3. The van der Waals surface area contributed by atoms with Crippen LogP contribution in [-0.4, -0.2) is 26.0 Å². The van der Waals surface area contributed by atoms with Crippen molar-refractivity contribution in [2.45, 2.75) is 39.3 Å². The van der Waals surface area contributed by atoms with Crippen molar-refractivity contribution in [3.8, 4) is 5.69 Å². The van der Waals surface area contributed by atoms with Crippen LogP contribution in [0.25, 0.3) is 5.69 Å². The van der Waals surface area contributed by atoms with E-state index in [1.807, 2.05) is 4.68 Å². The molecule has 4 nitrogen and oxygen atoms in total. The lowest BCUT2D eigenvalue weighted by molar-refractivity contribution is 0.635. The summed E-state index contributed by atoms with van der Waals surface area (Å²) in [7, 11) is 0. The van der Waals surface area contributed by atoms with Gasteiger partial charge in [0.25, 0.3) is 0 Å². The van der Waals surface area contributed by atoms with Gasteiger partial charge in [-0.05, 0) is 41.8 Å². The summed E-state index contributed by atoms with van der Waals surface area (Å²) in [4.78, 5) is 0. The maximum Gasteiger partial charge on any atom is 0.214 e. The van der Waals surface area contributed by atoms with Crippen LogP contribution in [0.15, 0.2) is 23.4 Å². The van der Waals surface area contributed by atoms with Crippen LogP contribution < -0.4 is 0 Å². The third kappa shape index (κ3) is 3.35. The molecule has 0 amide bonds. The molecule has 5 heteroatoms. The summed E-state index contributed by atoms with van der Waals surface area (Å²) < 4.78 is 1.84. The van der Waals surface area contributed by atoms with Gasteiger partial charge in [0.1, 0.15) is 0 Å². The number of nitrogens with zero attached hydrogens (tertiary/aromatic N) is 4. The van der Waals surface area contributed by atoms with Gasteiger partial charge in [0.2, 0.25) is 5.16 Å². The lowest BCUT2D eigenvalue weighted by Crippen LogP contribution is -2.03. The number of rotatable bonds is 5. The van der Waals surface area contributed by atoms with Crippen LogP contribution in [0, 0.1) is 19.8 Å². The highest BCUT2D eigenvalue weighted by atomic mass is 32.2. The van der Waals surface area contributed by atoms with Gasteiger partial charge in [-0.3, -0.25) is 0 Å². The highest BCUT2D eigenvalue weighted by molar-refractivity contribution is 7.99. The van der Waals surface area contributed by atoms with Crippen molar-refractivity contribution in [2.24, 2.45) is 5.92 Å². The average molecular weight is 276 g/mol. The third-order valence-electron chi connectivity index (χ3n) is 3.22. The molecule has 0 aliphatic rings. The smallest absolute Gasteiger partial charge is 0.187 e. The third-order valence-corrected chi connectivity index (χ3v) is 4.46. The van der Waals surface area contributed by atoms with Crippen LogP contribution in [-0.2, 0) is 0 Å². The SMILES string of the molecule is CCC(C)CSc1nnnn1-c1ccc(C)cc1C. The van der Waals surface area contributed by atoms with Gasteiger partial charge < -0.3 is 0 Å². The molecule has 1 aromatic heterocycles. The highest BCUT2D eigenvalue weighted by Gasteiger charge is 2.12. The van der Waals surface area contributed by atoms with Crippen LogP contribution in [0.2, 0.25) is 0 Å². The molecule has 19 heavy (non-hydrogen) atoms. The molecule has 0 N–H and O–H groups in total. The van der Waals surface area contributed by atoms with E-state index >= 15 is 0 Å². The molecule has 1 aromatic carbocycles. The first-order valence-electron chi connectivity index (χ1n) is 6.60. The number of hydrogen-bond acceptors (Lipinski definition) is 4. The Kier molecular flexibility index (Phi) is 4.58. The summed E-state index contributed by atoms with van der Waals surface area (Å²) in [6.07, 6.45) is 1.18. The van der Waals surface area contributed by atoms with E-state index in [0.29, 0.717) is 5.92 Å². The van der Waals surface area contributed by atoms with E-state index in [2.05, 4.69) is 61.4 Å². The largest absolute Gasteiger partial charge is 0.214 e. The second-order valence-electron chi connectivity index (χ2n) is 4.99. The molecule has 0 fully saturated rings. The Hall–Kier alpha value is -1.36. The number of hydrogen-bond donors (Lipinski definition) is 0. The van der Waals surface area contributed by atoms with Crippen molar-refractivity contribution in [1.82, 2.24) is 20.2 Å². The zero-order valence-electron chi connectivity index (χ0n) is 11.9. The number of aryl methyl sites for hydroxylation is 2. The second-order valence-corrected chi connectivity index (χ2v) is 5.97.